The topological polar surface area (TPSA) is 162 Å². The van der Waals surface area contributed by atoms with E-state index in [1.165, 1.54) is 25.1 Å². The summed E-state index contributed by atoms with van der Waals surface area (Å²) in [5.74, 6) is 0.441. The molecule has 2 aliphatic rings. The number of aromatic nitrogens is 3. The van der Waals surface area contributed by atoms with Gasteiger partial charge in [0.15, 0.2) is 5.13 Å². The molecule has 0 bridgehead atoms. The normalized spacial score (nSPS) is 14.9. The van der Waals surface area contributed by atoms with Gasteiger partial charge in [0.1, 0.15) is 22.3 Å². The van der Waals surface area contributed by atoms with E-state index in [-0.39, 0.29) is 10.4 Å². The second-order valence-electron chi connectivity index (χ2n) is 11.8. The number of nitrogens with two attached hydrogens (primary N) is 1. The number of carbonyl (C=O) groups excluding carboxylic acids is 1. The van der Waals surface area contributed by atoms with Crippen LogP contribution in [0.15, 0.2) is 48.7 Å². The molecule has 0 radical (unpaired) electrons. The molecular formula is C33H38F3N9O3S. The Bertz CT molecular complexity index is 1810. The van der Waals surface area contributed by atoms with Gasteiger partial charge in [0, 0.05) is 60.9 Å². The third-order valence-corrected chi connectivity index (χ3v) is 8.85. The van der Waals surface area contributed by atoms with Crippen LogP contribution in [0.2, 0.25) is 0 Å². The van der Waals surface area contributed by atoms with Crippen molar-refractivity contribution in [3.8, 4) is 0 Å². The lowest BCUT2D eigenvalue weighted by molar-refractivity contribution is -0.137. The van der Waals surface area contributed by atoms with Gasteiger partial charge in [-0.25, -0.2) is 19.7 Å². The summed E-state index contributed by atoms with van der Waals surface area (Å²) >= 11 is 1.07. The van der Waals surface area contributed by atoms with Crippen molar-refractivity contribution in [2.45, 2.75) is 45.8 Å². The zero-order valence-electron chi connectivity index (χ0n) is 27.3. The number of likely N-dealkylation sites (N-methyl/N-ethyl adjacent to an activating group) is 1. The van der Waals surface area contributed by atoms with Crippen LogP contribution in [-0.4, -0.2) is 75.6 Å². The summed E-state index contributed by atoms with van der Waals surface area (Å²) in [5, 5.41) is 18.3. The number of nitrogen functional groups attached to an aromatic ring is 1. The lowest BCUT2D eigenvalue weighted by Crippen LogP contribution is -2.46. The first-order chi connectivity index (χ1) is 23.3. The lowest BCUT2D eigenvalue weighted by Gasteiger charge is -2.36. The van der Waals surface area contributed by atoms with Gasteiger partial charge in [0.2, 0.25) is 0 Å². The molecule has 1 saturated heterocycles. The van der Waals surface area contributed by atoms with E-state index in [1.54, 1.807) is 24.3 Å². The minimum atomic E-state index is -4.54. The number of halogens is 3. The first-order valence-corrected chi connectivity index (χ1v) is 16.5. The highest BCUT2D eigenvalue weighted by Gasteiger charge is 2.33. The van der Waals surface area contributed by atoms with E-state index in [0.717, 1.165) is 54.5 Å². The SMILES string of the molecule is CCN1CCN(c2cc(C(=O)Nc3ccc(C)c(N)c3)cc(C(F)(F)F)c2)CC1.Cc1nc(Nc2ncc(C(=O)O)s2)cc(NC2CC2)n1. The van der Waals surface area contributed by atoms with Crippen molar-refractivity contribution in [1.82, 2.24) is 19.9 Å². The fraction of sp³-hybridized carbons (Fsp3) is 0.364. The molecule has 16 heteroatoms. The van der Waals surface area contributed by atoms with Crippen molar-refractivity contribution in [3.05, 3.63) is 76.1 Å². The number of carboxylic acid groups (broad SMARTS) is 1. The van der Waals surface area contributed by atoms with Gasteiger partial charge in [0.25, 0.3) is 5.91 Å². The summed E-state index contributed by atoms with van der Waals surface area (Å²) in [7, 11) is 0. The molecule has 260 valence electrons. The molecule has 1 saturated carbocycles. The van der Waals surface area contributed by atoms with E-state index in [9.17, 15) is 22.8 Å². The number of thiazole rings is 1. The molecular weight excluding hydrogens is 659 g/mol. The monoisotopic (exact) mass is 697 g/mol. The van der Waals surface area contributed by atoms with Gasteiger partial charge in [-0.05, 0) is 69.1 Å². The summed E-state index contributed by atoms with van der Waals surface area (Å²) in [5.41, 5.74) is 7.19. The smallest absolute Gasteiger partial charge is 0.416 e. The third-order valence-electron chi connectivity index (χ3n) is 7.95. The summed E-state index contributed by atoms with van der Waals surface area (Å²) in [4.78, 5) is 40.4. The number of piperazine rings is 1. The lowest BCUT2D eigenvalue weighted by atomic mass is 10.1. The Morgan fingerprint density at radius 2 is 1.73 bits per heavy atom. The number of carboxylic acids is 1. The maximum absolute atomic E-state index is 13.4. The molecule has 0 unspecified atom stereocenters. The summed E-state index contributed by atoms with van der Waals surface area (Å²) in [6, 6.07) is 10.8. The van der Waals surface area contributed by atoms with Crippen molar-refractivity contribution in [3.63, 3.8) is 0 Å². The number of hydrogen-bond acceptors (Lipinski definition) is 11. The number of rotatable bonds is 9. The molecule has 49 heavy (non-hydrogen) atoms. The van der Waals surface area contributed by atoms with Crippen LogP contribution < -0.4 is 26.6 Å². The second kappa shape index (κ2) is 15.1. The van der Waals surface area contributed by atoms with Crippen molar-refractivity contribution in [1.29, 1.82) is 0 Å². The molecule has 2 aromatic carbocycles. The zero-order valence-corrected chi connectivity index (χ0v) is 28.1. The maximum Gasteiger partial charge on any atom is 0.416 e. The average molecular weight is 698 g/mol. The average Bonchev–Trinajstić information content (AvgIpc) is 3.75. The Balaban J connectivity index is 0.000000204. The largest absolute Gasteiger partial charge is 0.477 e. The van der Waals surface area contributed by atoms with Crippen LogP contribution in [0.4, 0.5) is 47.0 Å². The number of benzene rings is 2. The zero-order chi connectivity index (χ0) is 35.3. The minimum absolute atomic E-state index is 0.0353. The quantitative estimate of drug-likeness (QED) is 0.126. The van der Waals surface area contributed by atoms with Crippen LogP contribution in [0.25, 0.3) is 0 Å². The van der Waals surface area contributed by atoms with Crippen LogP contribution >= 0.6 is 11.3 Å². The molecule has 3 heterocycles. The Kier molecular flexibility index (Phi) is 10.9. The number of amides is 1. The number of hydrogen-bond donors (Lipinski definition) is 5. The number of anilines is 6. The Morgan fingerprint density at radius 1 is 1.02 bits per heavy atom. The van der Waals surface area contributed by atoms with E-state index in [1.807, 2.05) is 18.7 Å². The third kappa shape index (κ3) is 9.79. The highest BCUT2D eigenvalue weighted by atomic mass is 32.1. The summed E-state index contributed by atoms with van der Waals surface area (Å²) in [6.07, 6.45) is -0.877. The van der Waals surface area contributed by atoms with Gasteiger partial charge in [-0.2, -0.15) is 13.2 Å². The van der Waals surface area contributed by atoms with Gasteiger partial charge in [-0.15, -0.1) is 0 Å². The van der Waals surface area contributed by atoms with Crippen molar-refractivity contribution in [2.24, 2.45) is 0 Å². The van der Waals surface area contributed by atoms with Crippen molar-refractivity contribution >= 4 is 57.0 Å². The number of alkyl halides is 3. The standard InChI is InChI=1S/C21H25F3N4O.C12H13N5O2S/c1-3-27-6-8-28(9-7-27)18-11-15(10-16(12-18)21(22,23)24)20(29)26-17-5-4-14(2)19(25)13-17;1-6-14-9(16-7-2-3-7)4-10(15-6)17-12-13-5-8(20-12)11(18)19/h4-5,10-13H,3,6-9,25H2,1-2H3,(H,26,29);4-5,7H,2-3H2,1H3,(H,18,19)(H2,13,14,15,16,17). The van der Waals surface area contributed by atoms with Gasteiger partial charge >= 0.3 is 12.1 Å². The van der Waals surface area contributed by atoms with E-state index in [0.29, 0.717) is 53.0 Å². The van der Waals surface area contributed by atoms with E-state index in [4.69, 9.17) is 10.8 Å². The number of nitrogens with one attached hydrogen (secondary N) is 3. The highest BCUT2D eigenvalue weighted by molar-refractivity contribution is 7.17. The summed E-state index contributed by atoms with van der Waals surface area (Å²) in [6.45, 7) is 9.39. The van der Waals surface area contributed by atoms with Crippen LogP contribution in [-0.2, 0) is 6.18 Å². The van der Waals surface area contributed by atoms with Crippen molar-refractivity contribution in [2.75, 3.05) is 59.3 Å². The van der Waals surface area contributed by atoms with Crippen LogP contribution in [0.1, 0.15) is 56.7 Å². The maximum atomic E-state index is 13.4. The summed E-state index contributed by atoms with van der Waals surface area (Å²) < 4.78 is 40.3. The number of nitrogens with zero attached hydrogens (tertiary/aromatic N) is 5. The fourth-order valence-electron chi connectivity index (χ4n) is 5.02. The molecule has 2 fully saturated rings. The van der Waals surface area contributed by atoms with Gasteiger partial charge in [-0.3, -0.25) is 4.79 Å². The van der Waals surface area contributed by atoms with Gasteiger partial charge < -0.3 is 36.6 Å². The second-order valence-corrected chi connectivity index (χ2v) is 12.8. The van der Waals surface area contributed by atoms with E-state index >= 15 is 0 Å². The predicted octanol–water partition coefficient (Wildman–Crippen LogP) is 6.25. The Labute approximate surface area is 285 Å². The molecule has 6 N–H and O–H groups in total. The molecule has 1 amide bonds. The van der Waals surface area contributed by atoms with Crippen molar-refractivity contribution < 1.29 is 27.9 Å². The van der Waals surface area contributed by atoms with E-state index in [2.05, 4.69) is 42.7 Å². The van der Waals surface area contributed by atoms with Crippen LogP contribution in [0.5, 0.6) is 0 Å². The predicted molar refractivity (Wildman–Crippen MR) is 185 cm³/mol. The van der Waals surface area contributed by atoms with Gasteiger partial charge in [-0.1, -0.05) is 24.3 Å². The highest BCUT2D eigenvalue weighted by Crippen LogP contribution is 2.34. The molecule has 1 aliphatic heterocycles. The molecule has 2 aromatic heterocycles. The van der Waals surface area contributed by atoms with Crippen LogP contribution in [0.3, 0.4) is 0 Å². The van der Waals surface area contributed by atoms with Gasteiger partial charge in [0.05, 0.1) is 11.8 Å². The van der Waals surface area contributed by atoms with Crippen LogP contribution in [0, 0.1) is 13.8 Å². The molecule has 6 rings (SSSR count). The van der Waals surface area contributed by atoms with E-state index < -0.39 is 23.6 Å². The first-order valence-electron chi connectivity index (χ1n) is 15.7. The molecule has 1 aliphatic carbocycles. The Morgan fingerprint density at radius 3 is 2.35 bits per heavy atom. The molecule has 4 aromatic rings. The first kappa shape index (κ1) is 35.3. The molecule has 12 nitrogen and oxygen atoms in total. The number of carbonyl (C=O) groups is 2. The molecule has 0 spiro atoms. The Hall–Kier alpha value is -4.96. The number of aryl methyl sites for hydroxylation is 2. The number of aromatic carboxylic acids is 1. The fourth-order valence-corrected chi connectivity index (χ4v) is 5.68. The minimum Gasteiger partial charge on any atom is -0.477 e. The molecule has 0 atom stereocenters.